The standard InChI is InChI=1S/C18H13ClN2O3S/c19-14-9-5-4-8-13(14)15-11-25-18(20-15)21-16(22)10-24-17(23)12-6-2-1-3-7-12/h1-9,11H,10H2,(H,20,21,22). The van der Waals surface area contributed by atoms with Crippen molar-refractivity contribution in [2.24, 2.45) is 0 Å². The topological polar surface area (TPSA) is 68.3 Å². The van der Waals surface area contributed by atoms with Crippen LogP contribution in [-0.4, -0.2) is 23.5 Å². The van der Waals surface area contributed by atoms with Gasteiger partial charge in [0.25, 0.3) is 5.91 Å². The molecule has 0 radical (unpaired) electrons. The smallest absolute Gasteiger partial charge is 0.338 e. The molecule has 1 aromatic heterocycles. The maximum Gasteiger partial charge on any atom is 0.338 e. The summed E-state index contributed by atoms with van der Waals surface area (Å²) in [5.41, 5.74) is 1.86. The minimum atomic E-state index is -0.549. The number of rotatable bonds is 5. The molecule has 0 bridgehead atoms. The van der Waals surface area contributed by atoms with Gasteiger partial charge in [0.2, 0.25) is 0 Å². The summed E-state index contributed by atoms with van der Waals surface area (Å²) in [6.07, 6.45) is 0. The molecule has 126 valence electrons. The number of nitrogens with zero attached hydrogens (tertiary/aromatic N) is 1. The van der Waals surface area contributed by atoms with Crippen LogP contribution in [0.2, 0.25) is 5.02 Å². The second-order valence-electron chi connectivity index (χ2n) is 5.01. The fourth-order valence-electron chi connectivity index (χ4n) is 2.07. The molecule has 2 aromatic carbocycles. The van der Waals surface area contributed by atoms with E-state index in [-0.39, 0.29) is 6.61 Å². The Morgan fingerprint density at radius 3 is 2.56 bits per heavy atom. The number of hydrogen-bond acceptors (Lipinski definition) is 5. The van der Waals surface area contributed by atoms with Crippen LogP contribution in [0.25, 0.3) is 11.3 Å². The van der Waals surface area contributed by atoms with Crippen molar-refractivity contribution < 1.29 is 14.3 Å². The Morgan fingerprint density at radius 1 is 1.08 bits per heavy atom. The summed E-state index contributed by atoms with van der Waals surface area (Å²) >= 11 is 7.41. The van der Waals surface area contributed by atoms with E-state index in [1.165, 1.54) is 11.3 Å². The average Bonchev–Trinajstić information content (AvgIpc) is 3.09. The Labute approximate surface area is 153 Å². The first-order chi connectivity index (χ1) is 12.1. The molecule has 0 spiro atoms. The third kappa shape index (κ3) is 4.43. The lowest BCUT2D eigenvalue weighted by Gasteiger charge is -2.04. The van der Waals surface area contributed by atoms with Gasteiger partial charge < -0.3 is 4.74 Å². The number of esters is 1. The molecule has 1 N–H and O–H groups in total. The van der Waals surface area contributed by atoms with Gasteiger partial charge in [0, 0.05) is 16.0 Å². The zero-order chi connectivity index (χ0) is 17.6. The van der Waals surface area contributed by atoms with E-state index in [0.717, 1.165) is 5.56 Å². The van der Waals surface area contributed by atoms with E-state index >= 15 is 0 Å². The number of amides is 1. The van der Waals surface area contributed by atoms with Crippen LogP contribution in [0, 0.1) is 0 Å². The maximum atomic E-state index is 11.9. The van der Waals surface area contributed by atoms with Crippen LogP contribution in [0.1, 0.15) is 10.4 Å². The molecule has 0 atom stereocenters. The van der Waals surface area contributed by atoms with Gasteiger partial charge in [0.15, 0.2) is 11.7 Å². The number of carbonyl (C=O) groups excluding carboxylic acids is 2. The van der Waals surface area contributed by atoms with Gasteiger partial charge in [0.05, 0.1) is 11.3 Å². The third-order valence-electron chi connectivity index (χ3n) is 3.24. The Bertz CT molecular complexity index is 896. The average molecular weight is 373 g/mol. The first-order valence-electron chi connectivity index (χ1n) is 7.36. The van der Waals surface area contributed by atoms with Gasteiger partial charge >= 0.3 is 5.97 Å². The Balaban J connectivity index is 1.57. The van der Waals surface area contributed by atoms with Gasteiger partial charge in [-0.05, 0) is 18.2 Å². The van der Waals surface area contributed by atoms with Gasteiger partial charge in [-0.3, -0.25) is 10.1 Å². The van der Waals surface area contributed by atoms with E-state index in [4.69, 9.17) is 16.3 Å². The number of hydrogen-bond donors (Lipinski definition) is 1. The van der Waals surface area contributed by atoms with E-state index in [0.29, 0.717) is 21.4 Å². The predicted molar refractivity (Wildman–Crippen MR) is 97.9 cm³/mol. The molecule has 25 heavy (non-hydrogen) atoms. The highest BCUT2D eigenvalue weighted by molar-refractivity contribution is 7.14. The summed E-state index contributed by atoms with van der Waals surface area (Å²) in [4.78, 5) is 28.0. The number of halogens is 1. The zero-order valence-corrected chi connectivity index (χ0v) is 14.5. The van der Waals surface area contributed by atoms with Crippen LogP contribution in [0.15, 0.2) is 60.0 Å². The van der Waals surface area contributed by atoms with Crippen LogP contribution >= 0.6 is 22.9 Å². The number of benzene rings is 2. The van der Waals surface area contributed by atoms with Crippen LogP contribution in [-0.2, 0) is 9.53 Å². The lowest BCUT2D eigenvalue weighted by atomic mass is 10.2. The highest BCUT2D eigenvalue weighted by Crippen LogP contribution is 2.30. The molecule has 0 fully saturated rings. The number of anilines is 1. The fourth-order valence-corrected chi connectivity index (χ4v) is 3.03. The Hall–Kier alpha value is -2.70. The second kappa shape index (κ2) is 7.92. The van der Waals surface area contributed by atoms with Gasteiger partial charge in [0.1, 0.15) is 0 Å². The number of aromatic nitrogens is 1. The van der Waals surface area contributed by atoms with Crippen molar-refractivity contribution in [2.45, 2.75) is 0 Å². The quantitative estimate of drug-likeness (QED) is 0.679. The predicted octanol–water partition coefficient (Wildman–Crippen LogP) is 4.26. The summed E-state index contributed by atoms with van der Waals surface area (Å²) in [5, 5.41) is 5.40. The van der Waals surface area contributed by atoms with Crippen molar-refractivity contribution in [1.29, 1.82) is 0 Å². The van der Waals surface area contributed by atoms with Crippen molar-refractivity contribution in [3.8, 4) is 11.3 Å². The summed E-state index contributed by atoms with van der Waals surface area (Å²) in [5.74, 6) is -1.00. The first-order valence-corrected chi connectivity index (χ1v) is 8.61. The van der Waals surface area contributed by atoms with E-state index in [1.54, 1.807) is 41.8 Å². The molecule has 3 aromatic rings. The van der Waals surface area contributed by atoms with Crippen molar-refractivity contribution in [2.75, 3.05) is 11.9 Å². The maximum absolute atomic E-state index is 11.9. The summed E-state index contributed by atoms with van der Waals surface area (Å²) in [6, 6.07) is 15.8. The Kier molecular flexibility index (Phi) is 5.42. The highest BCUT2D eigenvalue weighted by atomic mass is 35.5. The summed E-state index contributed by atoms with van der Waals surface area (Å²) in [6.45, 7) is -0.380. The lowest BCUT2D eigenvalue weighted by Crippen LogP contribution is -2.20. The van der Waals surface area contributed by atoms with Crippen molar-refractivity contribution in [3.63, 3.8) is 0 Å². The van der Waals surface area contributed by atoms with Crippen molar-refractivity contribution in [3.05, 3.63) is 70.6 Å². The lowest BCUT2D eigenvalue weighted by molar-refractivity contribution is -0.119. The third-order valence-corrected chi connectivity index (χ3v) is 4.33. The number of ether oxygens (including phenoxy) is 1. The first kappa shape index (κ1) is 17.1. The summed E-state index contributed by atoms with van der Waals surface area (Å²) in [7, 11) is 0. The molecule has 0 aliphatic heterocycles. The van der Waals surface area contributed by atoms with Crippen molar-refractivity contribution >= 4 is 39.9 Å². The van der Waals surface area contributed by atoms with E-state index in [1.807, 2.05) is 18.2 Å². The van der Waals surface area contributed by atoms with Gasteiger partial charge in [-0.25, -0.2) is 9.78 Å². The van der Waals surface area contributed by atoms with Gasteiger partial charge in [-0.1, -0.05) is 48.0 Å². The SMILES string of the molecule is O=C(COC(=O)c1ccccc1)Nc1nc(-c2ccccc2Cl)cs1. The van der Waals surface area contributed by atoms with Crippen LogP contribution < -0.4 is 5.32 Å². The molecule has 3 rings (SSSR count). The molecule has 0 saturated heterocycles. The van der Waals surface area contributed by atoms with Gasteiger partial charge in [-0.2, -0.15) is 0 Å². The van der Waals surface area contributed by atoms with E-state index < -0.39 is 11.9 Å². The number of thiazole rings is 1. The molecule has 0 aliphatic carbocycles. The largest absolute Gasteiger partial charge is 0.452 e. The molecule has 0 saturated carbocycles. The molecular weight excluding hydrogens is 360 g/mol. The summed E-state index contributed by atoms with van der Waals surface area (Å²) < 4.78 is 4.98. The number of nitrogens with one attached hydrogen (secondary N) is 1. The molecule has 5 nitrogen and oxygen atoms in total. The monoisotopic (exact) mass is 372 g/mol. The van der Waals surface area contributed by atoms with E-state index in [9.17, 15) is 9.59 Å². The normalized spacial score (nSPS) is 10.3. The highest BCUT2D eigenvalue weighted by Gasteiger charge is 2.12. The molecule has 0 aliphatic rings. The molecule has 7 heteroatoms. The van der Waals surface area contributed by atoms with Crippen LogP contribution in [0.3, 0.4) is 0 Å². The fraction of sp³-hybridized carbons (Fsp3) is 0.0556. The minimum Gasteiger partial charge on any atom is -0.452 e. The minimum absolute atomic E-state index is 0.380. The van der Waals surface area contributed by atoms with Crippen LogP contribution in [0.5, 0.6) is 0 Å². The molecule has 0 unspecified atom stereocenters. The molecule has 1 heterocycles. The molecular formula is C18H13ClN2O3S. The molecule has 1 amide bonds. The van der Waals surface area contributed by atoms with E-state index in [2.05, 4.69) is 10.3 Å². The number of carbonyl (C=O) groups is 2. The van der Waals surface area contributed by atoms with Crippen LogP contribution in [0.4, 0.5) is 5.13 Å². The van der Waals surface area contributed by atoms with Gasteiger partial charge in [-0.15, -0.1) is 11.3 Å². The Morgan fingerprint density at radius 2 is 1.80 bits per heavy atom. The second-order valence-corrected chi connectivity index (χ2v) is 6.27. The zero-order valence-electron chi connectivity index (χ0n) is 12.9. The van der Waals surface area contributed by atoms with Crippen molar-refractivity contribution in [1.82, 2.24) is 4.98 Å².